The first-order valence-corrected chi connectivity index (χ1v) is 7.19. The lowest BCUT2D eigenvalue weighted by atomic mass is 9.85. The van der Waals surface area contributed by atoms with Crippen molar-refractivity contribution in [2.24, 2.45) is 0 Å². The van der Waals surface area contributed by atoms with Gasteiger partial charge in [-0.3, -0.25) is 4.55 Å². The maximum absolute atomic E-state index is 11.0. The fourth-order valence-electron chi connectivity index (χ4n) is 2.02. The molecule has 0 amide bonds. The van der Waals surface area contributed by atoms with Crippen molar-refractivity contribution in [2.45, 2.75) is 32.1 Å². The molecule has 1 atom stereocenters. The lowest BCUT2D eigenvalue weighted by Crippen LogP contribution is -2.31. The molecule has 2 rings (SSSR count). The monoisotopic (exact) mass is 287 g/mol. The summed E-state index contributed by atoms with van der Waals surface area (Å²) in [7, 11) is -2.91. The van der Waals surface area contributed by atoms with Crippen molar-refractivity contribution in [1.82, 2.24) is 4.31 Å². The van der Waals surface area contributed by atoms with Crippen molar-refractivity contribution in [2.75, 3.05) is 7.05 Å². The van der Waals surface area contributed by atoms with Crippen LogP contribution in [0.1, 0.15) is 25.0 Å². The van der Waals surface area contributed by atoms with Crippen LogP contribution in [0, 0.1) is 0 Å². The molecular weight excluding hydrogens is 270 g/mol. The van der Waals surface area contributed by atoms with Gasteiger partial charge in [-0.1, -0.05) is 6.07 Å². The van der Waals surface area contributed by atoms with Gasteiger partial charge in [-0.25, -0.2) is 0 Å². The molecule has 1 aromatic rings. The van der Waals surface area contributed by atoms with Gasteiger partial charge in [0, 0.05) is 19.2 Å². The van der Waals surface area contributed by atoms with Crippen LogP contribution in [-0.2, 0) is 22.3 Å². The van der Waals surface area contributed by atoms with Crippen LogP contribution in [0.25, 0.3) is 0 Å². The van der Waals surface area contributed by atoms with Crippen LogP contribution in [0.15, 0.2) is 18.2 Å². The van der Waals surface area contributed by atoms with Gasteiger partial charge in [-0.05, 0) is 31.5 Å². The molecule has 2 N–H and O–H groups in total. The van der Waals surface area contributed by atoms with E-state index in [0.717, 1.165) is 9.87 Å². The summed E-state index contributed by atoms with van der Waals surface area (Å²) in [5.41, 5.74) is 0.980. The third kappa shape index (κ3) is 2.59. The van der Waals surface area contributed by atoms with E-state index < -0.39 is 22.0 Å². The summed E-state index contributed by atoms with van der Waals surface area (Å²) >= 11 is 0. The van der Waals surface area contributed by atoms with Crippen LogP contribution in [-0.4, -0.2) is 35.7 Å². The van der Waals surface area contributed by atoms with Gasteiger partial charge in [0.2, 0.25) is 6.29 Å². The maximum atomic E-state index is 11.0. The predicted molar refractivity (Wildman–Crippen MR) is 69.1 cm³/mol. The number of nitrogens with zero attached hydrogens (tertiary/aromatic N) is 1. The van der Waals surface area contributed by atoms with Crippen LogP contribution in [0.5, 0.6) is 5.75 Å². The summed E-state index contributed by atoms with van der Waals surface area (Å²) in [6.45, 7) is 3.75. The molecule has 1 aromatic carbocycles. The van der Waals surface area contributed by atoms with E-state index in [1.165, 1.54) is 7.05 Å². The van der Waals surface area contributed by atoms with Crippen LogP contribution in [0.2, 0.25) is 0 Å². The smallest absolute Gasteiger partial charge is 0.335 e. The first-order valence-electron chi connectivity index (χ1n) is 5.79. The van der Waals surface area contributed by atoms with Gasteiger partial charge in [0.15, 0.2) is 0 Å². The standard InChI is InChI=1S/C12H17NO5S/c1-12(2)9-6-8(7-13(3)19(15,16)17)4-5-10(9)18-11(12)14/h4-6,11,14H,7H2,1-3H3,(H,15,16,17). The second kappa shape index (κ2) is 4.45. The number of aliphatic hydroxyl groups excluding tert-OH is 1. The predicted octanol–water partition coefficient (Wildman–Crippen LogP) is 0.910. The SMILES string of the molecule is CN(Cc1ccc2c(c1)C(C)(C)C(O)O2)S(=O)(=O)O. The Labute approximate surface area is 112 Å². The zero-order valence-electron chi connectivity index (χ0n) is 11.0. The molecule has 7 heteroatoms. The molecule has 106 valence electrons. The summed E-state index contributed by atoms with van der Waals surface area (Å²) < 4.78 is 37.0. The molecule has 19 heavy (non-hydrogen) atoms. The Bertz CT molecular complexity index is 596. The normalized spacial score (nSPS) is 21.3. The number of ether oxygens (including phenoxy) is 1. The highest BCUT2D eigenvalue weighted by Crippen LogP contribution is 2.42. The van der Waals surface area contributed by atoms with Crippen molar-refractivity contribution < 1.29 is 22.8 Å². The van der Waals surface area contributed by atoms with Gasteiger partial charge < -0.3 is 9.84 Å². The Morgan fingerprint density at radius 1 is 1.42 bits per heavy atom. The Kier molecular flexibility index (Phi) is 3.34. The molecule has 0 bridgehead atoms. The fraction of sp³-hybridized carbons (Fsp3) is 0.500. The summed E-state index contributed by atoms with van der Waals surface area (Å²) in [5.74, 6) is 0.593. The van der Waals surface area contributed by atoms with E-state index in [1.807, 2.05) is 13.8 Å². The van der Waals surface area contributed by atoms with Crippen molar-refractivity contribution in [1.29, 1.82) is 0 Å². The summed E-state index contributed by atoms with van der Waals surface area (Å²) in [6, 6.07) is 5.18. The number of benzene rings is 1. The van der Waals surface area contributed by atoms with Crippen LogP contribution in [0.4, 0.5) is 0 Å². The van der Waals surface area contributed by atoms with Crippen molar-refractivity contribution >= 4 is 10.3 Å². The number of aliphatic hydroxyl groups is 1. The molecular formula is C12H17NO5S. The molecule has 0 radical (unpaired) electrons. The summed E-state index contributed by atoms with van der Waals surface area (Å²) in [5, 5.41) is 9.81. The first kappa shape index (κ1) is 14.3. The lowest BCUT2D eigenvalue weighted by molar-refractivity contribution is -0.0450. The topological polar surface area (TPSA) is 87.1 Å². The van der Waals surface area contributed by atoms with Crippen LogP contribution >= 0.6 is 0 Å². The molecule has 0 spiro atoms. The molecule has 0 aromatic heterocycles. The third-order valence-electron chi connectivity index (χ3n) is 3.39. The van der Waals surface area contributed by atoms with Gasteiger partial charge in [-0.15, -0.1) is 0 Å². The zero-order chi connectivity index (χ0) is 14.4. The molecule has 6 nitrogen and oxygen atoms in total. The molecule has 0 saturated heterocycles. The first-order chi connectivity index (χ1) is 8.62. The minimum atomic E-state index is -4.20. The second-order valence-corrected chi connectivity index (χ2v) is 6.78. The minimum absolute atomic E-state index is 0.0539. The van der Waals surface area contributed by atoms with E-state index in [0.29, 0.717) is 11.3 Å². The molecule has 1 heterocycles. The zero-order valence-corrected chi connectivity index (χ0v) is 11.8. The molecule has 0 saturated carbocycles. The summed E-state index contributed by atoms with van der Waals surface area (Å²) in [4.78, 5) is 0. The lowest BCUT2D eigenvalue weighted by Gasteiger charge is -2.21. The number of rotatable bonds is 3. The van der Waals surface area contributed by atoms with Crippen LogP contribution < -0.4 is 4.74 Å². The Morgan fingerprint density at radius 3 is 2.63 bits per heavy atom. The molecule has 1 unspecified atom stereocenters. The van der Waals surface area contributed by atoms with E-state index in [4.69, 9.17) is 9.29 Å². The average Bonchev–Trinajstić information content (AvgIpc) is 2.50. The molecule has 0 fully saturated rings. The van der Waals surface area contributed by atoms with Crippen molar-refractivity contribution in [3.63, 3.8) is 0 Å². The van der Waals surface area contributed by atoms with Crippen molar-refractivity contribution in [3.05, 3.63) is 29.3 Å². The van der Waals surface area contributed by atoms with E-state index in [9.17, 15) is 13.5 Å². The van der Waals surface area contributed by atoms with E-state index in [2.05, 4.69) is 0 Å². The Morgan fingerprint density at radius 2 is 2.05 bits per heavy atom. The number of fused-ring (bicyclic) bond motifs is 1. The minimum Gasteiger partial charge on any atom is -0.464 e. The Balaban J connectivity index is 2.31. The van der Waals surface area contributed by atoms with Gasteiger partial charge in [0.1, 0.15) is 5.75 Å². The molecule has 1 aliphatic heterocycles. The van der Waals surface area contributed by atoms with Gasteiger partial charge >= 0.3 is 10.3 Å². The maximum Gasteiger partial charge on any atom is 0.335 e. The molecule has 1 aliphatic rings. The fourth-order valence-corrected chi connectivity index (χ4v) is 2.33. The van der Waals surface area contributed by atoms with Gasteiger partial charge in [-0.2, -0.15) is 12.7 Å². The number of hydrogen-bond acceptors (Lipinski definition) is 4. The van der Waals surface area contributed by atoms with E-state index >= 15 is 0 Å². The highest BCUT2D eigenvalue weighted by atomic mass is 32.2. The highest BCUT2D eigenvalue weighted by Gasteiger charge is 2.40. The van der Waals surface area contributed by atoms with Gasteiger partial charge in [0.25, 0.3) is 0 Å². The van der Waals surface area contributed by atoms with Gasteiger partial charge in [0.05, 0.1) is 5.41 Å². The van der Waals surface area contributed by atoms with Crippen LogP contribution in [0.3, 0.4) is 0 Å². The summed E-state index contributed by atoms with van der Waals surface area (Å²) in [6.07, 6.45) is -0.919. The second-order valence-electron chi connectivity index (χ2n) is 5.26. The highest BCUT2D eigenvalue weighted by molar-refractivity contribution is 7.83. The molecule has 0 aliphatic carbocycles. The largest absolute Gasteiger partial charge is 0.464 e. The van der Waals surface area contributed by atoms with E-state index in [1.54, 1.807) is 18.2 Å². The van der Waals surface area contributed by atoms with E-state index in [-0.39, 0.29) is 6.54 Å². The number of hydrogen-bond donors (Lipinski definition) is 2. The average molecular weight is 287 g/mol. The van der Waals surface area contributed by atoms with Crippen molar-refractivity contribution in [3.8, 4) is 5.75 Å². The third-order valence-corrected chi connectivity index (χ3v) is 4.31. The quantitative estimate of drug-likeness (QED) is 0.807. The Hall–Kier alpha value is -1.15.